The Labute approximate surface area is 175 Å². The Hall–Kier alpha value is -1.46. The first-order valence-corrected chi connectivity index (χ1v) is 12.2. The highest BCUT2D eigenvalue weighted by molar-refractivity contribution is 7.99. The number of hydrogen-bond donors (Lipinski definition) is 0. The molecule has 0 aliphatic carbocycles. The van der Waals surface area contributed by atoms with Crippen molar-refractivity contribution in [3.8, 4) is 0 Å². The average molecular weight is 474 g/mol. The van der Waals surface area contributed by atoms with Gasteiger partial charge < -0.3 is 28.6 Å². The minimum atomic E-state index is -3.28. The van der Waals surface area contributed by atoms with Gasteiger partial charge in [0.1, 0.15) is 29.7 Å². The van der Waals surface area contributed by atoms with Crippen LogP contribution in [0.4, 0.5) is 0 Å². The second-order valence-electron chi connectivity index (χ2n) is 7.07. The van der Waals surface area contributed by atoms with Crippen LogP contribution < -0.4 is 0 Å². The van der Waals surface area contributed by atoms with E-state index in [9.17, 15) is 28.6 Å². The largest absolute Gasteiger partial charge is 0.372 e. The lowest BCUT2D eigenvalue weighted by Gasteiger charge is -2.14. The molecule has 0 aromatic carbocycles. The van der Waals surface area contributed by atoms with E-state index in [0.29, 0.717) is 6.61 Å². The lowest BCUT2D eigenvalue weighted by atomic mass is 10.1. The highest BCUT2D eigenvalue weighted by atomic mass is 32.2. The number of sulfone groups is 1. The maximum absolute atomic E-state index is 11.4. The van der Waals surface area contributed by atoms with E-state index < -0.39 is 49.7 Å². The average Bonchev–Trinajstić information content (AvgIpc) is 3.37. The van der Waals surface area contributed by atoms with E-state index in [-0.39, 0.29) is 37.3 Å². The van der Waals surface area contributed by atoms with Crippen LogP contribution in [0.2, 0.25) is 0 Å². The summed E-state index contributed by atoms with van der Waals surface area (Å²) < 4.78 is 44.0. The first-order valence-electron chi connectivity index (χ1n) is 8.92. The highest BCUT2D eigenvalue weighted by Gasteiger charge is 2.52. The van der Waals surface area contributed by atoms with Crippen LogP contribution in [0.3, 0.4) is 0 Å². The molecule has 4 saturated heterocycles. The lowest BCUT2D eigenvalue weighted by Crippen LogP contribution is -2.37. The van der Waals surface area contributed by atoms with Crippen LogP contribution in [-0.4, -0.2) is 105 Å². The number of thioether (sulfide) groups is 1. The number of rotatable bonds is 6. The van der Waals surface area contributed by atoms with Crippen molar-refractivity contribution in [2.75, 3.05) is 38.9 Å². The zero-order chi connectivity index (χ0) is 22.1. The predicted molar refractivity (Wildman–Crippen MR) is 98.6 cm³/mol. The molecule has 14 nitrogen and oxygen atoms in total. The molecule has 0 bridgehead atoms. The lowest BCUT2D eigenvalue weighted by molar-refractivity contribution is -0.769. The molecule has 4 fully saturated rings. The Morgan fingerprint density at radius 3 is 1.80 bits per heavy atom. The summed E-state index contributed by atoms with van der Waals surface area (Å²) in [4.78, 5) is 29.2. The third-order valence-corrected chi connectivity index (χ3v) is 7.73. The topological polar surface area (TPSA) is 176 Å². The van der Waals surface area contributed by atoms with E-state index in [1.807, 2.05) is 6.26 Å². The quantitative estimate of drug-likeness (QED) is 0.334. The Morgan fingerprint density at radius 1 is 0.833 bits per heavy atom. The van der Waals surface area contributed by atoms with Crippen LogP contribution in [0.25, 0.3) is 0 Å². The van der Waals surface area contributed by atoms with Crippen molar-refractivity contribution in [1.29, 1.82) is 0 Å². The van der Waals surface area contributed by atoms with Gasteiger partial charge >= 0.3 is 0 Å². The normalized spacial score (nSPS) is 39.5. The monoisotopic (exact) mass is 474 g/mol. The molecular weight excluding hydrogens is 452 g/mol. The molecule has 0 aromatic rings. The van der Waals surface area contributed by atoms with Crippen LogP contribution in [0.15, 0.2) is 0 Å². The molecule has 0 N–H and O–H groups in total. The van der Waals surface area contributed by atoms with Crippen LogP contribution in [0, 0.1) is 20.2 Å². The zero-order valence-corrected chi connectivity index (χ0v) is 17.7. The summed E-state index contributed by atoms with van der Waals surface area (Å²) in [6.07, 6.45) is -0.0209. The van der Waals surface area contributed by atoms with Gasteiger partial charge in [-0.2, -0.15) is 11.8 Å². The second kappa shape index (κ2) is 9.35. The third kappa shape index (κ3) is 5.05. The molecule has 172 valence electrons. The molecule has 8 atom stereocenters. The Bertz CT molecular complexity index is 751. The van der Waals surface area contributed by atoms with Crippen LogP contribution >= 0.6 is 11.8 Å². The van der Waals surface area contributed by atoms with Crippen molar-refractivity contribution < 1.29 is 47.2 Å². The van der Waals surface area contributed by atoms with Crippen LogP contribution in [0.5, 0.6) is 0 Å². The van der Waals surface area contributed by atoms with Gasteiger partial charge in [-0.15, -0.1) is 20.2 Å². The maximum atomic E-state index is 11.4. The first-order chi connectivity index (χ1) is 14.1. The Balaban J connectivity index is 0.000000172. The molecule has 0 amide bonds. The minimum absolute atomic E-state index is 0.00819. The predicted octanol–water partition coefficient (Wildman–Crippen LogP) is -1.13. The fourth-order valence-electron chi connectivity index (χ4n) is 3.83. The molecule has 0 radical (unpaired) electrons. The summed E-state index contributed by atoms with van der Waals surface area (Å²) in [5.41, 5.74) is 0. The van der Waals surface area contributed by atoms with Gasteiger partial charge in [0.25, 0.3) is 10.2 Å². The SMILES string of the molecule is CS(=O)(=O)[C@H]1CO[C@H]2[C@@H]1OC[C@H]2O[N+](=O)[O-].CS[C@H]1CO[C@H]2[C@@H]1OC[C@H]2O[N+](=O)[O-]. The number of hydrogen-bond acceptors (Lipinski definition) is 13. The van der Waals surface area contributed by atoms with E-state index in [4.69, 9.17) is 18.9 Å². The first kappa shape index (κ1) is 23.2. The van der Waals surface area contributed by atoms with Crippen molar-refractivity contribution in [3.05, 3.63) is 20.2 Å². The van der Waals surface area contributed by atoms with Gasteiger partial charge in [0.05, 0.1) is 31.7 Å². The fraction of sp³-hybridized carbons (Fsp3) is 1.00. The van der Waals surface area contributed by atoms with E-state index in [1.165, 1.54) is 0 Å². The van der Waals surface area contributed by atoms with Crippen molar-refractivity contribution >= 4 is 21.6 Å². The molecule has 0 unspecified atom stereocenters. The van der Waals surface area contributed by atoms with Gasteiger partial charge in [-0.05, 0) is 6.26 Å². The summed E-state index contributed by atoms with van der Waals surface area (Å²) in [5.74, 6) is 0. The van der Waals surface area contributed by atoms with Crippen molar-refractivity contribution in [1.82, 2.24) is 0 Å². The maximum Gasteiger partial charge on any atom is 0.294 e. The summed E-state index contributed by atoms with van der Waals surface area (Å²) in [6, 6.07) is 0. The van der Waals surface area contributed by atoms with Gasteiger partial charge in [0, 0.05) is 6.26 Å². The molecule has 30 heavy (non-hydrogen) atoms. The van der Waals surface area contributed by atoms with E-state index >= 15 is 0 Å². The van der Waals surface area contributed by atoms with Gasteiger partial charge in [-0.3, -0.25) is 0 Å². The van der Waals surface area contributed by atoms with Crippen molar-refractivity contribution in [2.24, 2.45) is 0 Å². The van der Waals surface area contributed by atoms with Gasteiger partial charge in [0.15, 0.2) is 22.0 Å². The molecule has 0 saturated carbocycles. The zero-order valence-electron chi connectivity index (χ0n) is 16.1. The van der Waals surface area contributed by atoms with E-state index in [2.05, 4.69) is 9.68 Å². The van der Waals surface area contributed by atoms with Crippen molar-refractivity contribution in [2.45, 2.75) is 47.1 Å². The van der Waals surface area contributed by atoms with Gasteiger partial charge in [-0.25, -0.2) is 8.42 Å². The van der Waals surface area contributed by atoms with Gasteiger partial charge in [0.2, 0.25) is 0 Å². The highest BCUT2D eigenvalue weighted by Crippen LogP contribution is 2.34. The standard InChI is InChI=1S/C7H11NO7S.C7H11NO5S/c1-16(11,12)5-3-14-6-4(15-8(9)10)2-13-7(5)6;1-14-5-3-12-6-4(13-8(9)10)2-11-7(5)6/h4-7H,2-3H2,1H3;4-7H,2-3H2,1H3/t2*4-,5+,6-,7-/m11/s1. The van der Waals surface area contributed by atoms with Crippen molar-refractivity contribution in [3.63, 3.8) is 0 Å². The van der Waals surface area contributed by atoms with E-state index in [1.54, 1.807) is 11.8 Å². The molecule has 4 rings (SSSR count). The summed E-state index contributed by atoms with van der Waals surface area (Å²) >= 11 is 1.65. The molecule has 4 aliphatic rings. The third-order valence-electron chi connectivity index (χ3n) is 5.22. The number of fused-ring (bicyclic) bond motifs is 2. The molecule has 16 heteroatoms. The molecule has 0 aromatic heterocycles. The molecule has 4 aliphatic heterocycles. The number of nitrogens with zero attached hydrogens (tertiary/aromatic N) is 2. The molecular formula is C14H22N2O12S2. The second-order valence-corrected chi connectivity index (χ2v) is 10.4. The van der Waals surface area contributed by atoms with Crippen LogP contribution in [0.1, 0.15) is 0 Å². The summed E-state index contributed by atoms with van der Waals surface area (Å²) in [7, 11) is -3.28. The number of ether oxygens (including phenoxy) is 4. The van der Waals surface area contributed by atoms with Gasteiger partial charge in [-0.1, -0.05) is 0 Å². The fourth-order valence-corrected chi connectivity index (χ4v) is 5.59. The smallest absolute Gasteiger partial charge is 0.294 e. The van der Waals surface area contributed by atoms with E-state index in [0.717, 1.165) is 6.26 Å². The summed E-state index contributed by atoms with van der Waals surface area (Å²) in [5, 5.41) is 18.1. The molecule has 4 heterocycles. The molecule has 0 spiro atoms. The summed E-state index contributed by atoms with van der Waals surface area (Å²) in [6.45, 7) is 0.787. The minimum Gasteiger partial charge on any atom is -0.372 e. The Morgan fingerprint density at radius 2 is 1.30 bits per heavy atom. The van der Waals surface area contributed by atoms with Crippen LogP contribution in [-0.2, 0) is 38.5 Å². The Kier molecular flexibility index (Phi) is 7.24.